The van der Waals surface area contributed by atoms with Gasteiger partial charge in [-0.2, -0.15) is 0 Å². The van der Waals surface area contributed by atoms with Crippen molar-refractivity contribution in [1.82, 2.24) is 14.5 Å². The summed E-state index contributed by atoms with van der Waals surface area (Å²) in [6.45, 7) is 8.83. The highest BCUT2D eigenvalue weighted by molar-refractivity contribution is 5.98. The number of para-hydroxylation sites is 4. The lowest BCUT2D eigenvalue weighted by Crippen LogP contribution is -2.44. The maximum absolute atomic E-state index is 13.3. The third kappa shape index (κ3) is 4.32. The average molecular weight is 449 g/mol. The minimum Gasteiger partial charge on any atom is -0.495 e. The molecule has 7 nitrogen and oxygen atoms in total. The second-order valence-corrected chi connectivity index (χ2v) is 9.11. The van der Waals surface area contributed by atoms with E-state index in [9.17, 15) is 9.59 Å². The molecule has 1 fully saturated rings. The molecule has 1 aromatic heterocycles. The first-order valence-electron chi connectivity index (χ1n) is 11.5. The number of carbonyl (C=O) groups is 2. The summed E-state index contributed by atoms with van der Waals surface area (Å²) in [5, 5.41) is 0. The number of imidazole rings is 1. The molecule has 1 atom stereocenters. The number of anilines is 1. The second-order valence-electron chi connectivity index (χ2n) is 9.11. The predicted octanol–water partition coefficient (Wildman–Crippen LogP) is 4.21. The van der Waals surface area contributed by atoms with Crippen molar-refractivity contribution in [3.05, 3.63) is 54.4 Å². The monoisotopic (exact) mass is 448 g/mol. The molecule has 1 saturated heterocycles. The first-order chi connectivity index (χ1) is 15.8. The summed E-state index contributed by atoms with van der Waals surface area (Å²) in [6, 6.07) is 15.6. The van der Waals surface area contributed by atoms with Gasteiger partial charge in [-0.15, -0.1) is 0 Å². The highest BCUT2D eigenvalue weighted by Crippen LogP contribution is 2.37. The summed E-state index contributed by atoms with van der Waals surface area (Å²) in [6.07, 6.45) is 0.341. The smallest absolute Gasteiger partial charge is 0.243 e. The van der Waals surface area contributed by atoms with Crippen LogP contribution in [0, 0.1) is 0 Å². The van der Waals surface area contributed by atoms with Crippen molar-refractivity contribution in [2.45, 2.75) is 58.7 Å². The Hall–Kier alpha value is -3.35. The third-order valence-electron chi connectivity index (χ3n) is 6.24. The van der Waals surface area contributed by atoms with Crippen LogP contribution in [0.25, 0.3) is 11.0 Å². The van der Waals surface area contributed by atoms with Crippen LogP contribution in [-0.4, -0.2) is 52.0 Å². The van der Waals surface area contributed by atoms with Crippen LogP contribution in [0.2, 0.25) is 0 Å². The summed E-state index contributed by atoms with van der Waals surface area (Å²) in [5.41, 5.74) is 2.51. The maximum atomic E-state index is 13.3. The molecule has 33 heavy (non-hydrogen) atoms. The number of methoxy groups -OCH3 is 1. The topological polar surface area (TPSA) is 67.7 Å². The van der Waals surface area contributed by atoms with Crippen LogP contribution >= 0.6 is 0 Å². The molecule has 7 heteroatoms. The Morgan fingerprint density at radius 3 is 2.45 bits per heavy atom. The van der Waals surface area contributed by atoms with E-state index in [0.717, 1.165) is 22.5 Å². The molecule has 2 heterocycles. The SMILES string of the molecule is COc1ccccc1N1C[C@H](c2nc3ccccc3n2CC(=O)N(C(C)C)C(C)C)CC1=O. The highest BCUT2D eigenvalue weighted by Gasteiger charge is 2.36. The molecule has 0 aliphatic carbocycles. The largest absolute Gasteiger partial charge is 0.495 e. The fourth-order valence-corrected chi connectivity index (χ4v) is 4.93. The summed E-state index contributed by atoms with van der Waals surface area (Å²) in [4.78, 5) is 34.9. The molecular formula is C26H32N4O3. The Balaban J connectivity index is 1.70. The molecule has 0 saturated carbocycles. The van der Waals surface area contributed by atoms with Crippen molar-refractivity contribution in [2.24, 2.45) is 0 Å². The van der Waals surface area contributed by atoms with Gasteiger partial charge in [0, 0.05) is 31.0 Å². The summed E-state index contributed by atoms with van der Waals surface area (Å²) in [7, 11) is 1.61. The Morgan fingerprint density at radius 2 is 1.76 bits per heavy atom. The van der Waals surface area contributed by atoms with Gasteiger partial charge in [0.05, 0.1) is 23.8 Å². The second kappa shape index (κ2) is 9.25. The molecule has 1 aliphatic rings. The zero-order chi connectivity index (χ0) is 23.7. The van der Waals surface area contributed by atoms with Crippen LogP contribution in [0.1, 0.15) is 45.9 Å². The Labute approximate surface area is 195 Å². The van der Waals surface area contributed by atoms with E-state index in [1.54, 1.807) is 12.0 Å². The van der Waals surface area contributed by atoms with Gasteiger partial charge in [-0.05, 0) is 52.0 Å². The van der Waals surface area contributed by atoms with Crippen LogP contribution < -0.4 is 9.64 Å². The van der Waals surface area contributed by atoms with Gasteiger partial charge in [-0.25, -0.2) is 4.98 Å². The number of hydrogen-bond acceptors (Lipinski definition) is 4. The number of rotatable bonds is 7. The predicted molar refractivity (Wildman–Crippen MR) is 130 cm³/mol. The number of hydrogen-bond donors (Lipinski definition) is 0. The first kappa shape index (κ1) is 22.8. The molecule has 4 rings (SSSR count). The molecule has 0 spiro atoms. The van der Waals surface area contributed by atoms with Crippen LogP contribution in [0.15, 0.2) is 48.5 Å². The van der Waals surface area contributed by atoms with Gasteiger partial charge < -0.3 is 19.1 Å². The summed E-state index contributed by atoms with van der Waals surface area (Å²) in [5.74, 6) is 1.41. The Bertz CT molecular complexity index is 1160. The number of amides is 2. The van der Waals surface area contributed by atoms with E-state index in [1.807, 2.05) is 85.7 Å². The zero-order valence-corrected chi connectivity index (χ0v) is 20.0. The number of nitrogens with zero attached hydrogens (tertiary/aromatic N) is 4. The normalized spacial score (nSPS) is 16.3. The van der Waals surface area contributed by atoms with Crippen molar-refractivity contribution in [1.29, 1.82) is 0 Å². The van der Waals surface area contributed by atoms with Gasteiger partial charge in [0.2, 0.25) is 11.8 Å². The fourth-order valence-electron chi connectivity index (χ4n) is 4.93. The van der Waals surface area contributed by atoms with Crippen LogP contribution in [0.5, 0.6) is 5.75 Å². The van der Waals surface area contributed by atoms with Gasteiger partial charge in [-0.1, -0.05) is 24.3 Å². The lowest BCUT2D eigenvalue weighted by molar-refractivity contribution is -0.135. The minimum atomic E-state index is -0.117. The average Bonchev–Trinajstić information content (AvgIpc) is 3.33. The molecule has 2 amide bonds. The number of benzene rings is 2. The number of aromatic nitrogens is 2. The van der Waals surface area contributed by atoms with Crippen LogP contribution in [0.3, 0.4) is 0 Å². The minimum absolute atomic E-state index is 0.0282. The molecular weight excluding hydrogens is 416 g/mol. The standard InChI is InChI=1S/C26H32N4O3/c1-17(2)30(18(3)4)25(32)16-29-21-11-7-6-10-20(21)27-26(29)19-14-24(31)28(15-19)22-12-8-9-13-23(22)33-5/h6-13,17-19H,14-16H2,1-5H3/t19-/m1/s1. The van der Waals surface area contributed by atoms with Crippen molar-refractivity contribution >= 4 is 28.5 Å². The first-order valence-corrected chi connectivity index (χ1v) is 11.5. The summed E-state index contributed by atoms with van der Waals surface area (Å²) < 4.78 is 7.48. The molecule has 1 aliphatic heterocycles. The molecule has 0 bridgehead atoms. The van der Waals surface area contributed by atoms with E-state index in [-0.39, 0.29) is 36.4 Å². The number of carbonyl (C=O) groups excluding carboxylic acids is 2. The van der Waals surface area contributed by atoms with Gasteiger partial charge >= 0.3 is 0 Å². The van der Waals surface area contributed by atoms with E-state index in [2.05, 4.69) is 0 Å². The van der Waals surface area contributed by atoms with Gasteiger partial charge in [0.1, 0.15) is 18.1 Å². The van der Waals surface area contributed by atoms with Gasteiger partial charge in [0.25, 0.3) is 0 Å². The maximum Gasteiger partial charge on any atom is 0.243 e. The molecule has 3 aromatic rings. The van der Waals surface area contributed by atoms with E-state index in [1.165, 1.54) is 0 Å². The van der Waals surface area contributed by atoms with Crippen molar-refractivity contribution in [3.8, 4) is 5.75 Å². The Morgan fingerprint density at radius 1 is 1.09 bits per heavy atom. The summed E-state index contributed by atoms with van der Waals surface area (Å²) >= 11 is 0. The molecule has 2 aromatic carbocycles. The van der Waals surface area contributed by atoms with Crippen molar-refractivity contribution in [2.75, 3.05) is 18.6 Å². The molecule has 174 valence electrons. The van der Waals surface area contributed by atoms with Crippen LogP contribution in [0.4, 0.5) is 5.69 Å². The van der Waals surface area contributed by atoms with Gasteiger partial charge in [0.15, 0.2) is 0 Å². The van der Waals surface area contributed by atoms with Crippen LogP contribution in [-0.2, 0) is 16.1 Å². The van der Waals surface area contributed by atoms with Gasteiger partial charge in [-0.3, -0.25) is 9.59 Å². The molecule has 0 unspecified atom stereocenters. The zero-order valence-electron chi connectivity index (χ0n) is 20.0. The quantitative estimate of drug-likeness (QED) is 0.543. The number of fused-ring (bicyclic) bond motifs is 1. The lowest BCUT2D eigenvalue weighted by Gasteiger charge is -2.31. The molecule has 0 radical (unpaired) electrons. The van der Waals surface area contributed by atoms with Crippen molar-refractivity contribution in [3.63, 3.8) is 0 Å². The molecule has 0 N–H and O–H groups in total. The van der Waals surface area contributed by atoms with E-state index >= 15 is 0 Å². The van der Waals surface area contributed by atoms with E-state index < -0.39 is 0 Å². The van der Waals surface area contributed by atoms with E-state index in [0.29, 0.717) is 18.7 Å². The number of ether oxygens (including phenoxy) is 1. The third-order valence-corrected chi connectivity index (χ3v) is 6.24. The van der Waals surface area contributed by atoms with E-state index in [4.69, 9.17) is 9.72 Å². The lowest BCUT2D eigenvalue weighted by atomic mass is 10.1. The van der Waals surface area contributed by atoms with Crippen molar-refractivity contribution < 1.29 is 14.3 Å². The highest BCUT2D eigenvalue weighted by atomic mass is 16.5. The fraction of sp³-hybridized carbons (Fsp3) is 0.423. The Kier molecular flexibility index (Phi) is 6.40.